The molecule has 0 bridgehead atoms. The molecule has 0 aromatic carbocycles. The van der Waals surface area contributed by atoms with E-state index in [-0.39, 0.29) is 16.7 Å². The van der Waals surface area contributed by atoms with E-state index in [1.54, 1.807) is 0 Å². The number of hydrogen-bond donors (Lipinski definition) is 1. The molecule has 122 valence electrons. The summed E-state index contributed by atoms with van der Waals surface area (Å²) in [6.07, 6.45) is 5.19. The lowest BCUT2D eigenvalue weighted by Crippen LogP contribution is -2.68. The van der Waals surface area contributed by atoms with Crippen molar-refractivity contribution in [3.8, 4) is 0 Å². The Morgan fingerprint density at radius 2 is 1.76 bits per heavy atom. The molecule has 3 aliphatic rings. The molecule has 2 unspecified atom stereocenters. The van der Waals surface area contributed by atoms with Gasteiger partial charge in [0.1, 0.15) is 0 Å². The van der Waals surface area contributed by atoms with Crippen LogP contribution in [0.25, 0.3) is 0 Å². The predicted octanol–water partition coefficient (Wildman–Crippen LogP) is 1.83. The van der Waals surface area contributed by atoms with E-state index in [1.165, 1.54) is 38.8 Å². The standard InChI is InChI=1S/C17H33N3O/c1-15(2)12-20(13-16(3,4)21-15)17(11-18)7-9-19-8-5-6-14(19)10-17/h14H,5-13,18H2,1-4H3. The van der Waals surface area contributed by atoms with Crippen LogP contribution in [0.15, 0.2) is 0 Å². The molecule has 3 saturated heterocycles. The maximum Gasteiger partial charge on any atom is 0.0761 e. The highest BCUT2D eigenvalue weighted by atomic mass is 16.5. The molecule has 0 radical (unpaired) electrons. The van der Waals surface area contributed by atoms with Crippen LogP contribution in [-0.4, -0.2) is 65.3 Å². The van der Waals surface area contributed by atoms with Crippen molar-refractivity contribution in [1.82, 2.24) is 9.80 Å². The van der Waals surface area contributed by atoms with E-state index >= 15 is 0 Å². The van der Waals surface area contributed by atoms with Gasteiger partial charge in [0.05, 0.1) is 11.2 Å². The van der Waals surface area contributed by atoms with Crippen LogP contribution in [0.1, 0.15) is 53.4 Å². The summed E-state index contributed by atoms with van der Waals surface area (Å²) in [5.74, 6) is 0. The number of hydrogen-bond acceptors (Lipinski definition) is 4. The van der Waals surface area contributed by atoms with Gasteiger partial charge in [-0.15, -0.1) is 0 Å². The van der Waals surface area contributed by atoms with Gasteiger partial charge in [0, 0.05) is 37.8 Å². The number of ether oxygens (including phenoxy) is 1. The molecule has 4 nitrogen and oxygen atoms in total. The number of morpholine rings is 1. The molecular weight excluding hydrogens is 262 g/mol. The first kappa shape index (κ1) is 15.7. The summed E-state index contributed by atoms with van der Waals surface area (Å²) < 4.78 is 6.27. The Labute approximate surface area is 130 Å². The zero-order chi connectivity index (χ0) is 15.3. The van der Waals surface area contributed by atoms with Gasteiger partial charge in [-0.3, -0.25) is 4.90 Å². The van der Waals surface area contributed by atoms with Gasteiger partial charge >= 0.3 is 0 Å². The summed E-state index contributed by atoms with van der Waals surface area (Å²) in [7, 11) is 0. The van der Waals surface area contributed by atoms with Gasteiger partial charge in [-0.2, -0.15) is 0 Å². The summed E-state index contributed by atoms with van der Waals surface area (Å²) >= 11 is 0. The van der Waals surface area contributed by atoms with Gasteiger partial charge in [0.25, 0.3) is 0 Å². The second kappa shape index (κ2) is 5.19. The third-order valence-corrected chi connectivity index (χ3v) is 5.73. The number of nitrogens with zero attached hydrogens (tertiary/aromatic N) is 2. The van der Waals surface area contributed by atoms with E-state index in [4.69, 9.17) is 10.5 Å². The SMILES string of the molecule is CC1(C)CN(C2(CN)CCN3CCCC3C2)CC(C)(C)O1. The van der Waals surface area contributed by atoms with Crippen molar-refractivity contribution in [1.29, 1.82) is 0 Å². The molecule has 3 fully saturated rings. The molecule has 0 spiro atoms. The number of fused-ring (bicyclic) bond motifs is 1. The van der Waals surface area contributed by atoms with Gasteiger partial charge < -0.3 is 15.4 Å². The Kier molecular flexibility index (Phi) is 3.89. The normalized spacial score (nSPS) is 40.1. The van der Waals surface area contributed by atoms with E-state index in [0.717, 1.165) is 25.7 Å². The Morgan fingerprint density at radius 1 is 1.10 bits per heavy atom. The Hall–Kier alpha value is -0.160. The van der Waals surface area contributed by atoms with Crippen LogP contribution in [0.5, 0.6) is 0 Å². The second-order valence-electron chi connectivity index (χ2n) is 8.69. The van der Waals surface area contributed by atoms with Crippen molar-refractivity contribution >= 4 is 0 Å². The van der Waals surface area contributed by atoms with Gasteiger partial charge in [0.2, 0.25) is 0 Å². The van der Waals surface area contributed by atoms with Gasteiger partial charge in [-0.1, -0.05) is 0 Å². The van der Waals surface area contributed by atoms with Gasteiger partial charge in [0.15, 0.2) is 0 Å². The predicted molar refractivity (Wildman–Crippen MR) is 86.4 cm³/mol. The quantitative estimate of drug-likeness (QED) is 0.844. The average Bonchev–Trinajstić information content (AvgIpc) is 2.81. The van der Waals surface area contributed by atoms with Crippen molar-refractivity contribution in [2.45, 2.75) is 76.2 Å². The van der Waals surface area contributed by atoms with Crippen molar-refractivity contribution in [2.75, 3.05) is 32.7 Å². The lowest BCUT2D eigenvalue weighted by molar-refractivity contribution is -0.204. The summed E-state index contributed by atoms with van der Waals surface area (Å²) in [6.45, 7) is 14.2. The Bertz CT molecular complexity index is 379. The highest BCUT2D eigenvalue weighted by molar-refractivity contribution is 5.05. The molecule has 3 aliphatic heterocycles. The first-order valence-electron chi connectivity index (χ1n) is 8.65. The van der Waals surface area contributed by atoms with E-state index in [1.807, 2.05) is 0 Å². The van der Waals surface area contributed by atoms with Crippen LogP contribution >= 0.6 is 0 Å². The Morgan fingerprint density at radius 3 is 2.38 bits per heavy atom. The van der Waals surface area contributed by atoms with Gasteiger partial charge in [-0.25, -0.2) is 0 Å². The summed E-state index contributed by atoms with van der Waals surface area (Å²) in [6, 6.07) is 0.761. The molecule has 0 amide bonds. The van der Waals surface area contributed by atoms with Crippen molar-refractivity contribution in [2.24, 2.45) is 5.73 Å². The van der Waals surface area contributed by atoms with E-state index in [2.05, 4.69) is 37.5 Å². The average molecular weight is 295 g/mol. The molecule has 3 heterocycles. The van der Waals surface area contributed by atoms with Crippen LogP contribution in [0.2, 0.25) is 0 Å². The van der Waals surface area contributed by atoms with Gasteiger partial charge in [-0.05, 0) is 59.9 Å². The van der Waals surface area contributed by atoms with E-state index in [9.17, 15) is 0 Å². The molecule has 2 N–H and O–H groups in total. The van der Waals surface area contributed by atoms with Crippen LogP contribution < -0.4 is 5.73 Å². The van der Waals surface area contributed by atoms with Crippen molar-refractivity contribution < 1.29 is 4.74 Å². The molecule has 3 rings (SSSR count). The minimum absolute atomic E-state index is 0.0866. The minimum atomic E-state index is -0.0866. The molecule has 2 atom stereocenters. The lowest BCUT2D eigenvalue weighted by Gasteiger charge is -2.57. The molecule has 0 aromatic rings. The largest absolute Gasteiger partial charge is 0.367 e. The first-order chi connectivity index (χ1) is 9.75. The van der Waals surface area contributed by atoms with Crippen LogP contribution in [-0.2, 0) is 4.74 Å². The molecular formula is C17H33N3O. The third kappa shape index (κ3) is 3.00. The highest BCUT2D eigenvalue weighted by Gasteiger charge is 2.49. The summed E-state index contributed by atoms with van der Waals surface area (Å²) in [5.41, 5.74) is 6.34. The second-order valence-corrected chi connectivity index (χ2v) is 8.69. The minimum Gasteiger partial charge on any atom is -0.367 e. The molecule has 0 saturated carbocycles. The van der Waals surface area contributed by atoms with Crippen LogP contribution in [0, 0.1) is 0 Å². The van der Waals surface area contributed by atoms with Crippen LogP contribution in [0.4, 0.5) is 0 Å². The maximum atomic E-state index is 6.33. The fourth-order valence-corrected chi connectivity index (χ4v) is 5.04. The summed E-state index contributed by atoms with van der Waals surface area (Å²) in [4.78, 5) is 5.36. The van der Waals surface area contributed by atoms with E-state index in [0.29, 0.717) is 0 Å². The zero-order valence-corrected chi connectivity index (χ0v) is 14.3. The first-order valence-corrected chi connectivity index (χ1v) is 8.65. The maximum absolute atomic E-state index is 6.33. The topological polar surface area (TPSA) is 41.7 Å². The highest BCUT2D eigenvalue weighted by Crippen LogP contribution is 2.40. The fraction of sp³-hybridized carbons (Fsp3) is 1.00. The van der Waals surface area contributed by atoms with Crippen LogP contribution in [0.3, 0.4) is 0 Å². The molecule has 4 heteroatoms. The number of rotatable bonds is 2. The molecule has 0 aliphatic carbocycles. The summed E-state index contributed by atoms with van der Waals surface area (Å²) in [5, 5.41) is 0. The smallest absolute Gasteiger partial charge is 0.0761 e. The molecule has 0 aromatic heterocycles. The lowest BCUT2D eigenvalue weighted by atomic mass is 9.79. The number of nitrogens with two attached hydrogens (primary N) is 1. The number of piperidine rings is 1. The zero-order valence-electron chi connectivity index (χ0n) is 14.3. The molecule has 21 heavy (non-hydrogen) atoms. The fourth-order valence-electron chi connectivity index (χ4n) is 5.04. The van der Waals surface area contributed by atoms with Crippen molar-refractivity contribution in [3.05, 3.63) is 0 Å². The Balaban J connectivity index is 1.82. The van der Waals surface area contributed by atoms with Crippen molar-refractivity contribution in [3.63, 3.8) is 0 Å². The monoisotopic (exact) mass is 295 g/mol. The third-order valence-electron chi connectivity index (χ3n) is 5.73. The van der Waals surface area contributed by atoms with E-state index < -0.39 is 0 Å².